The van der Waals surface area contributed by atoms with Crippen LogP contribution < -0.4 is 16.4 Å². The first-order valence-electron chi connectivity index (χ1n) is 10.4. The average molecular weight is 425 g/mol. The number of hydrogen-bond acceptors (Lipinski definition) is 7. The minimum atomic E-state index is -1.18. The number of pyridine rings is 1. The molecule has 3 aromatic heterocycles. The number of fused-ring (bicyclic) bond motifs is 2. The Morgan fingerprint density at radius 3 is 3.00 bits per heavy atom. The molecule has 1 saturated carbocycles. The van der Waals surface area contributed by atoms with E-state index in [4.69, 9.17) is 11.5 Å². The van der Waals surface area contributed by atoms with Crippen molar-refractivity contribution in [2.24, 2.45) is 17.6 Å². The topological polar surface area (TPSA) is 136 Å². The van der Waals surface area contributed by atoms with Crippen molar-refractivity contribution < 1.29 is 14.3 Å². The lowest BCUT2D eigenvalue weighted by molar-refractivity contribution is 0.0700. The molecule has 5 rings (SSSR count). The van der Waals surface area contributed by atoms with Gasteiger partial charge in [0, 0.05) is 24.5 Å². The maximum Gasteiger partial charge on any atom is 0.343 e. The Hall–Kier alpha value is -3.27. The minimum Gasteiger partial charge on any atom is -0.477 e. The Balaban J connectivity index is 1.56. The number of rotatable bonds is 6. The highest BCUT2D eigenvalue weighted by Gasteiger charge is 2.54. The molecule has 4 heterocycles. The van der Waals surface area contributed by atoms with E-state index >= 15 is 0 Å². The summed E-state index contributed by atoms with van der Waals surface area (Å²) in [5.41, 5.74) is 13.5. The van der Waals surface area contributed by atoms with Gasteiger partial charge in [0.05, 0.1) is 12.2 Å². The van der Waals surface area contributed by atoms with Crippen molar-refractivity contribution >= 4 is 23.3 Å². The number of carboxylic acid groups (broad SMARTS) is 1. The highest BCUT2D eigenvalue weighted by atomic mass is 19.1. The standard InChI is InChI=1S/C21H24FN7O2/c1-10(23)2-3-15-14(7-12(22)8-25-15)18-13-6-11(13)9-28(18)16-4-5-29-20(26-16)17(21(30)31)19(24)27-29/h4-5,7-8,10-11,13,18H,2-3,6,9,23H2,1H3,(H2,24,27)(H,30,31)/t10-,11?,13?,18?/m1/s1. The second-order valence-electron chi connectivity index (χ2n) is 8.58. The van der Waals surface area contributed by atoms with Crippen LogP contribution in [-0.4, -0.2) is 43.2 Å². The number of anilines is 2. The highest BCUT2D eigenvalue weighted by molar-refractivity contribution is 5.99. The van der Waals surface area contributed by atoms with Gasteiger partial charge >= 0.3 is 5.97 Å². The van der Waals surface area contributed by atoms with Crippen molar-refractivity contribution in [3.8, 4) is 0 Å². The molecule has 162 valence electrons. The zero-order valence-corrected chi connectivity index (χ0v) is 17.1. The number of carbonyl (C=O) groups is 1. The van der Waals surface area contributed by atoms with Gasteiger partial charge in [-0.25, -0.2) is 18.7 Å². The lowest BCUT2D eigenvalue weighted by atomic mass is 9.97. The number of hydrogen-bond donors (Lipinski definition) is 3. The summed E-state index contributed by atoms with van der Waals surface area (Å²) >= 11 is 0. The number of nitrogens with two attached hydrogens (primary N) is 2. The molecule has 0 radical (unpaired) electrons. The van der Waals surface area contributed by atoms with Crippen molar-refractivity contribution in [2.45, 2.75) is 38.3 Å². The van der Waals surface area contributed by atoms with Crippen LogP contribution in [0.25, 0.3) is 5.65 Å². The van der Waals surface area contributed by atoms with Crippen molar-refractivity contribution in [1.82, 2.24) is 19.6 Å². The highest BCUT2D eigenvalue weighted by Crippen LogP contribution is 2.57. The number of carboxylic acids is 1. The summed E-state index contributed by atoms with van der Waals surface area (Å²) < 4.78 is 15.6. The Bertz CT molecular complexity index is 1180. The molecule has 0 amide bonds. The molecule has 3 aromatic rings. The van der Waals surface area contributed by atoms with E-state index in [-0.39, 0.29) is 34.9 Å². The van der Waals surface area contributed by atoms with Gasteiger partial charge in [-0.05, 0) is 55.7 Å². The van der Waals surface area contributed by atoms with Crippen LogP contribution in [-0.2, 0) is 6.42 Å². The monoisotopic (exact) mass is 425 g/mol. The van der Waals surface area contributed by atoms with Crippen LogP contribution in [0.5, 0.6) is 0 Å². The van der Waals surface area contributed by atoms with E-state index in [2.05, 4.69) is 20.0 Å². The summed E-state index contributed by atoms with van der Waals surface area (Å²) in [5.74, 6) is -0.111. The Kier molecular flexibility index (Phi) is 4.54. The molecule has 10 heteroatoms. The second kappa shape index (κ2) is 7.16. The van der Waals surface area contributed by atoms with Gasteiger partial charge in [0.25, 0.3) is 0 Å². The van der Waals surface area contributed by atoms with Gasteiger partial charge in [-0.3, -0.25) is 4.98 Å². The van der Waals surface area contributed by atoms with E-state index in [0.717, 1.165) is 30.6 Å². The molecule has 0 bridgehead atoms. The van der Waals surface area contributed by atoms with Gasteiger partial charge < -0.3 is 21.5 Å². The zero-order valence-electron chi connectivity index (χ0n) is 17.1. The number of nitrogen functional groups attached to an aromatic ring is 1. The molecule has 1 saturated heterocycles. The average Bonchev–Trinajstić information content (AvgIpc) is 3.24. The predicted octanol–water partition coefficient (Wildman–Crippen LogP) is 2.02. The number of halogens is 1. The first kappa shape index (κ1) is 19.7. The van der Waals surface area contributed by atoms with Gasteiger partial charge in [-0.15, -0.1) is 5.10 Å². The molecule has 31 heavy (non-hydrogen) atoms. The number of nitrogens with zero attached hydrogens (tertiary/aromatic N) is 5. The van der Waals surface area contributed by atoms with E-state index < -0.39 is 5.97 Å². The number of aromatic carboxylic acids is 1. The van der Waals surface area contributed by atoms with E-state index in [0.29, 0.717) is 24.1 Å². The van der Waals surface area contributed by atoms with Crippen LogP contribution >= 0.6 is 0 Å². The first-order valence-corrected chi connectivity index (χ1v) is 10.4. The molecule has 0 aromatic carbocycles. The molecule has 2 aliphatic rings. The van der Waals surface area contributed by atoms with E-state index in [1.165, 1.54) is 10.7 Å². The molecule has 2 fully saturated rings. The quantitative estimate of drug-likeness (QED) is 0.546. The van der Waals surface area contributed by atoms with Crippen molar-refractivity contribution in [3.05, 3.63) is 47.2 Å². The maximum absolute atomic E-state index is 14.2. The SMILES string of the molecule is C[C@@H](N)CCc1ncc(F)cc1C1C2CC2CN1c1ccn2nc(N)c(C(=O)O)c2n1. The Morgan fingerprint density at radius 1 is 1.45 bits per heavy atom. The van der Waals surface area contributed by atoms with Crippen LogP contribution in [0.15, 0.2) is 24.5 Å². The second-order valence-corrected chi connectivity index (χ2v) is 8.58. The van der Waals surface area contributed by atoms with Crippen molar-refractivity contribution in [1.29, 1.82) is 0 Å². The number of aromatic nitrogens is 4. The summed E-state index contributed by atoms with van der Waals surface area (Å²) in [7, 11) is 0. The third-order valence-corrected chi connectivity index (χ3v) is 6.28. The Labute approximate surface area is 177 Å². The van der Waals surface area contributed by atoms with Crippen molar-refractivity contribution in [2.75, 3.05) is 17.2 Å². The lowest BCUT2D eigenvalue weighted by Gasteiger charge is -2.30. The van der Waals surface area contributed by atoms with E-state index in [1.807, 2.05) is 6.92 Å². The zero-order chi connectivity index (χ0) is 21.9. The molecule has 9 nitrogen and oxygen atoms in total. The largest absolute Gasteiger partial charge is 0.477 e. The third-order valence-electron chi connectivity index (χ3n) is 6.28. The normalized spacial score (nSPS) is 23.2. The third kappa shape index (κ3) is 3.36. The van der Waals surface area contributed by atoms with Gasteiger partial charge in [0.2, 0.25) is 0 Å². The summed E-state index contributed by atoms with van der Waals surface area (Å²) in [6.45, 7) is 2.71. The molecular formula is C21H24FN7O2. The first-order chi connectivity index (χ1) is 14.8. The number of piperidine rings is 1. The fourth-order valence-electron chi connectivity index (χ4n) is 4.71. The van der Waals surface area contributed by atoms with Crippen LogP contribution in [0, 0.1) is 17.7 Å². The fourth-order valence-corrected chi connectivity index (χ4v) is 4.71. The van der Waals surface area contributed by atoms with Crippen LogP contribution in [0.3, 0.4) is 0 Å². The van der Waals surface area contributed by atoms with Crippen LogP contribution in [0.2, 0.25) is 0 Å². The Morgan fingerprint density at radius 2 is 2.26 bits per heavy atom. The van der Waals surface area contributed by atoms with Gasteiger partial charge in [0.15, 0.2) is 11.5 Å². The molecule has 3 unspecified atom stereocenters. The summed E-state index contributed by atoms with van der Waals surface area (Å²) in [6.07, 6.45) is 5.41. The maximum atomic E-state index is 14.2. The minimum absolute atomic E-state index is 0.0268. The van der Waals surface area contributed by atoms with Gasteiger partial charge in [0.1, 0.15) is 17.2 Å². The smallest absolute Gasteiger partial charge is 0.343 e. The summed E-state index contributed by atoms with van der Waals surface area (Å²) in [4.78, 5) is 22.7. The van der Waals surface area contributed by atoms with Gasteiger partial charge in [-0.1, -0.05) is 0 Å². The molecule has 4 atom stereocenters. The predicted molar refractivity (Wildman–Crippen MR) is 112 cm³/mol. The van der Waals surface area contributed by atoms with E-state index in [9.17, 15) is 14.3 Å². The summed E-state index contributed by atoms with van der Waals surface area (Å²) in [5, 5.41) is 13.5. The molecule has 5 N–H and O–H groups in total. The van der Waals surface area contributed by atoms with Crippen LogP contribution in [0.4, 0.5) is 16.0 Å². The lowest BCUT2D eigenvalue weighted by Crippen LogP contribution is -2.29. The van der Waals surface area contributed by atoms with E-state index in [1.54, 1.807) is 18.3 Å². The molecular weight excluding hydrogens is 401 g/mol. The molecule has 1 aliphatic carbocycles. The fraction of sp³-hybridized carbons (Fsp3) is 0.429. The summed E-state index contributed by atoms with van der Waals surface area (Å²) in [6, 6.07) is 3.32. The number of aryl methyl sites for hydroxylation is 1. The molecule has 0 spiro atoms. The van der Waals surface area contributed by atoms with Crippen molar-refractivity contribution in [3.63, 3.8) is 0 Å². The van der Waals surface area contributed by atoms with Gasteiger partial charge in [-0.2, -0.15) is 0 Å². The molecule has 1 aliphatic heterocycles. The van der Waals surface area contributed by atoms with Crippen LogP contribution in [0.1, 0.15) is 47.4 Å².